The Morgan fingerprint density at radius 2 is 1.93 bits per heavy atom. The summed E-state index contributed by atoms with van der Waals surface area (Å²) in [6.45, 7) is 4.33. The SMILES string of the molecule is CCC(C)OC(=O)CC1COc2ccc(NC(=O)c3ccc(C(=N)N)cc3)cc2C1. The fraction of sp³-hybridized carbons (Fsp3) is 0.348. The molecule has 2 unspecified atom stereocenters. The molecule has 7 nitrogen and oxygen atoms in total. The largest absolute Gasteiger partial charge is 0.493 e. The molecule has 0 aliphatic carbocycles. The molecule has 0 saturated carbocycles. The Morgan fingerprint density at radius 1 is 1.23 bits per heavy atom. The number of anilines is 1. The number of nitrogens with two attached hydrogens (primary N) is 1. The average molecular weight is 409 g/mol. The van der Waals surface area contributed by atoms with Gasteiger partial charge in [0.1, 0.15) is 11.6 Å². The minimum atomic E-state index is -0.254. The van der Waals surface area contributed by atoms with Crippen LogP contribution in [0.3, 0.4) is 0 Å². The number of fused-ring (bicyclic) bond motifs is 1. The van der Waals surface area contributed by atoms with Crippen LogP contribution in [0.2, 0.25) is 0 Å². The van der Waals surface area contributed by atoms with Crippen LogP contribution >= 0.6 is 0 Å². The number of hydrogen-bond acceptors (Lipinski definition) is 5. The van der Waals surface area contributed by atoms with Crippen LogP contribution in [0.4, 0.5) is 5.69 Å². The molecule has 2 aromatic rings. The lowest BCUT2D eigenvalue weighted by atomic mass is 9.93. The van der Waals surface area contributed by atoms with E-state index in [0.717, 1.165) is 17.7 Å². The number of esters is 1. The number of hydrogen-bond donors (Lipinski definition) is 3. The maximum Gasteiger partial charge on any atom is 0.306 e. The zero-order valence-electron chi connectivity index (χ0n) is 17.2. The smallest absolute Gasteiger partial charge is 0.306 e. The Labute approximate surface area is 176 Å². The van der Waals surface area contributed by atoms with Gasteiger partial charge in [0.15, 0.2) is 0 Å². The van der Waals surface area contributed by atoms with E-state index in [0.29, 0.717) is 36.3 Å². The molecule has 3 rings (SSSR count). The van der Waals surface area contributed by atoms with E-state index in [1.807, 2.05) is 26.0 Å². The molecule has 0 radical (unpaired) electrons. The summed E-state index contributed by atoms with van der Waals surface area (Å²) in [5.74, 6) is 0.305. The van der Waals surface area contributed by atoms with Crippen molar-refractivity contribution in [2.45, 2.75) is 39.2 Å². The third-order valence-corrected chi connectivity index (χ3v) is 5.12. The number of nitrogen functional groups attached to an aromatic ring is 1. The van der Waals surface area contributed by atoms with Crippen LogP contribution in [-0.2, 0) is 16.0 Å². The van der Waals surface area contributed by atoms with Crippen molar-refractivity contribution < 1.29 is 19.1 Å². The fourth-order valence-corrected chi connectivity index (χ4v) is 3.26. The number of carbonyl (C=O) groups excluding carboxylic acids is 2. The highest BCUT2D eigenvalue weighted by Gasteiger charge is 2.24. The number of carbonyl (C=O) groups is 2. The van der Waals surface area contributed by atoms with Crippen molar-refractivity contribution in [3.8, 4) is 5.75 Å². The monoisotopic (exact) mass is 409 g/mol. The average Bonchev–Trinajstić information content (AvgIpc) is 2.73. The normalized spacial score (nSPS) is 16.0. The Bertz CT molecular complexity index is 940. The van der Waals surface area contributed by atoms with Crippen molar-refractivity contribution in [3.63, 3.8) is 0 Å². The molecule has 1 heterocycles. The lowest BCUT2D eigenvalue weighted by Gasteiger charge is -2.25. The zero-order valence-corrected chi connectivity index (χ0v) is 17.2. The molecule has 4 N–H and O–H groups in total. The van der Waals surface area contributed by atoms with Gasteiger partial charge in [-0.2, -0.15) is 0 Å². The highest BCUT2D eigenvalue weighted by atomic mass is 16.5. The summed E-state index contributed by atoms with van der Waals surface area (Å²) in [5.41, 5.74) is 8.08. The van der Waals surface area contributed by atoms with Gasteiger partial charge in [0, 0.05) is 22.7 Å². The van der Waals surface area contributed by atoms with E-state index in [9.17, 15) is 9.59 Å². The van der Waals surface area contributed by atoms with Gasteiger partial charge in [0.05, 0.1) is 19.1 Å². The first-order valence-corrected chi connectivity index (χ1v) is 10.1. The van der Waals surface area contributed by atoms with Crippen LogP contribution in [0.15, 0.2) is 42.5 Å². The second-order valence-corrected chi connectivity index (χ2v) is 7.56. The maximum absolute atomic E-state index is 12.5. The first-order valence-electron chi connectivity index (χ1n) is 10.1. The standard InChI is InChI=1S/C23H27N3O4/c1-3-14(2)30-21(27)11-15-10-18-12-19(8-9-20(18)29-13-15)26-23(28)17-6-4-16(5-7-17)22(24)25/h4-9,12,14-15H,3,10-11,13H2,1-2H3,(H3,24,25)(H,26,28). The van der Waals surface area contributed by atoms with Crippen molar-refractivity contribution in [1.29, 1.82) is 5.41 Å². The summed E-state index contributed by atoms with van der Waals surface area (Å²) in [4.78, 5) is 24.6. The first kappa shape index (κ1) is 21.4. The summed E-state index contributed by atoms with van der Waals surface area (Å²) in [6, 6.07) is 12.0. The van der Waals surface area contributed by atoms with Crippen LogP contribution in [-0.4, -0.2) is 30.4 Å². The number of amidine groups is 1. The molecule has 0 fully saturated rings. The molecule has 2 atom stereocenters. The van der Waals surface area contributed by atoms with Crippen molar-refractivity contribution in [2.24, 2.45) is 11.7 Å². The second-order valence-electron chi connectivity index (χ2n) is 7.56. The topological polar surface area (TPSA) is 114 Å². The summed E-state index contributed by atoms with van der Waals surface area (Å²) in [7, 11) is 0. The molecule has 1 amide bonds. The van der Waals surface area contributed by atoms with E-state index in [1.54, 1.807) is 30.3 Å². The zero-order chi connectivity index (χ0) is 21.7. The number of amides is 1. The Balaban J connectivity index is 1.63. The van der Waals surface area contributed by atoms with Gasteiger partial charge in [-0.15, -0.1) is 0 Å². The molecule has 1 aliphatic rings. The first-order chi connectivity index (χ1) is 14.4. The van der Waals surface area contributed by atoms with Crippen LogP contribution in [0.5, 0.6) is 5.75 Å². The molecule has 7 heteroatoms. The van der Waals surface area contributed by atoms with E-state index in [-0.39, 0.29) is 29.7 Å². The summed E-state index contributed by atoms with van der Waals surface area (Å²) in [5, 5.41) is 10.3. The molecule has 158 valence electrons. The fourth-order valence-electron chi connectivity index (χ4n) is 3.26. The maximum atomic E-state index is 12.5. The molecule has 1 aliphatic heterocycles. The minimum absolute atomic E-state index is 0.0409. The molecule has 0 bridgehead atoms. The summed E-state index contributed by atoms with van der Waals surface area (Å²) >= 11 is 0. The molecular weight excluding hydrogens is 382 g/mol. The van der Waals surface area contributed by atoms with Crippen LogP contribution < -0.4 is 15.8 Å². The van der Waals surface area contributed by atoms with Gasteiger partial charge in [-0.1, -0.05) is 19.1 Å². The van der Waals surface area contributed by atoms with E-state index in [1.165, 1.54) is 0 Å². The van der Waals surface area contributed by atoms with Crippen LogP contribution in [0.1, 0.15) is 48.2 Å². The van der Waals surface area contributed by atoms with Crippen molar-refractivity contribution in [2.75, 3.05) is 11.9 Å². The number of nitrogens with one attached hydrogen (secondary N) is 2. The number of ether oxygens (including phenoxy) is 2. The van der Waals surface area contributed by atoms with E-state index < -0.39 is 0 Å². The Hall–Kier alpha value is -3.35. The predicted molar refractivity (Wildman–Crippen MR) is 115 cm³/mol. The Kier molecular flexibility index (Phi) is 6.72. The highest BCUT2D eigenvalue weighted by molar-refractivity contribution is 6.05. The number of rotatable bonds is 7. The molecular formula is C23H27N3O4. The highest BCUT2D eigenvalue weighted by Crippen LogP contribution is 2.31. The van der Waals surface area contributed by atoms with Crippen molar-refractivity contribution >= 4 is 23.4 Å². The summed E-state index contributed by atoms with van der Waals surface area (Å²) < 4.78 is 11.2. The van der Waals surface area contributed by atoms with Crippen molar-refractivity contribution in [3.05, 3.63) is 59.2 Å². The molecule has 30 heavy (non-hydrogen) atoms. The molecule has 0 spiro atoms. The quantitative estimate of drug-likeness (QED) is 0.368. The van der Waals surface area contributed by atoms with E-state index >= 15 is 0 Å². The second kappa shape index (κ2) is 9.43. The van der Waals surface area contributed by atoms with E-state index in [4.69, 9.17) is 20.6 Å². The Morgan fingerprint density at radius 3 is 2.60 bits per heavy atom. The van der Waals surface area contributed by atoms with Gasteiger partial charge in [0.2, 0.25) is 0 Å². The van der Waals surface area contributed by atoms with E-state index in [2.05, 4.69) is 5.32 Å². The van der Waals surface area contributed by atoms with Crippen LogP contribution in [0, 0.1) is 11.3 Å². The lowest BCUT2D eigenvalue weighted by Crippen LogP contribution is -2.26. The predicted octanol–water partition coefficient (Wildman–Crippen LogP) is 3.51. The minimum Gasteiger partial charge on any atom is -0.493 e. The lowest BCUT2D eigenvalue weighted by molar-refractivity contribution is -0.149. The molecule has 0 aromatic heterocycles. The van der Waals surface area contributed by atoms with Gasteiger partial charge in [-0.25, -0.2) is 0 Å². The van der Waals surface area contributed by atoms with Gasteiger partial charge in [0.25, 0.3) is 5.91 Å². The summed E-state index contributed by atoms with van der Waals surface area (Å²) in [6.07, 6.45) is 1.70. The van der Waals surface area contributed by atoms with Gasteiger partial charge >= 0.3 is 5.97 Å². The van der Waals surface area contributed by atoms with Crippen LogP contribution in [0.25, 0.3) is 0 Å². The van der Waals surface area contributed by atoms with Gasteiger partial charge in [-0.05, 0) is 55.7 Å². The van der Waals surface area contributed by atoms with Crippen molar-refractivity contribution in [1.82, 2.24) is 0 Å². The third-order valence-electron chi connectivity index (χ3n) is 5.12. The molecule has 0 saturated heterocycles. The van der Waals surface area contributed by atoms with Gasteiger partial charge in [-0.3, -0.25) is 15.0 Å². The third kappa shape index (κ3) is 5.37. The van der Waals surface area contributed by atoms with Gasteiger partial charge < -0.3 is 20.5 Å². The number of benzene rings is 2. The molecule has 2 aromatic carbocycles.